The Morgan fingerprint density at radius 3 is 2.52 bits per heavy atom. The molecule has 4 nitrogen and oxygen atoms in total. The number of carbonyl (C=O) groups is 1. The van der Waals surface area contributed by atoms with E-state index in [-0.39, 0.29) is 5.91 Å². The minimum atomic E-state index is -0.135. The molecule has 2 aromatic carbocycles. The van der Waals surface area contributed by atoms with Gasteiger partial charge in [0.15, 0.2) is 0 Å². The molecule has 0 unspecified atom stereocenters. The largest absolute Gasteiger partial charge is 0.378 e. The fourth-order valence-electron chi connectivity index (χ4n) is 2.58. The fourth-order valence-corrected chi connectivity index (χ4v) is 2.76. The quantitative estimate of drug-likeness (QED) is 0.932. The highest BCUT2D eigenvalue weighted by atomic mass is 35.5. The summed E-state index contributed by atoms with van der Waals surface area (Å²) in [4.78, 5) is 14.6. The van der Waals surface area contributed by atoms with Gasteiger partial charge in [0.05, 0.1) is 13.2 Å². The van der Waals surface area contributed by atoms with E-state index in [2.05, 4.69) is 10.2 Å². The summed E-state index contributed by atoms with van der Waals surface area (Å²) >= 11 is 6.08. The average molecular weight is 331 g/mol. The van der Waals surface area contributed by atoms with Crippen molar-refractivity contribution in [2.24, 2.45) is 0 Å². The second kappa shape index (κ2) is 7.02. The van der Waals surface area contributed by atoms with Crippen LogP contribution in [0.3, 0.4) is 0 Å². The van der Waals surface area contributed by atoms with Crippen molar-refractivity contribution in [3.8, 4) is 0 Å². The lowest BCUT2D eigenvalue weighted by Crippen LogP contribution is -2.36. The Hall–Kier alpha value is -2.04. The molecule has 1 heterocycles. The molecule has 3 rings (SSSR count). The maximum absolute atomic E-state index is 12.4. The van der Waals surface area contributed by atoms with Gasteiger partial charge in [-0.3, -0.25) is 4.79 Å². The maximum Gasteiger partial charge on any atom is 0.255 e. The minimum absolute atomic E-state index is 0.135. The molecule has 2 aromatic rings. The van der Waals surface area contributed by atoms with Crippen molar-refractivity contribution >= 4 is 28.9 Å². The molecular weight excluding hydrogens is 312 g/mol. The number of anilines is 2. The van der Waals surface area contributed by atoms with Gasteiger partial charge in [-0.15, -0.1) is 0 Å². The predicted octanol–water partition coefficient (Wildman–Crippen LogP) is 3.74. The molecular formula is C18H19ClN2O2. The number of rotatable bonds is 3. The lowest BCUT2D eigenvalue weighted by Gasteiger charge is -2.28. The molecule has 1 aliphatic heterocycles. The number of benzene rings is 2. The molecule has 0 radical (unpaired) electrons. The molecule has 0 bridgehead atoms. The molecule has 1 saturated heterocycles. The third-order valence-electron chi connectivity index (χ3n) is 4.02. The Bertz CT molecular complexity index is 695. The van der Waals surface area contributed by atoms with Crippen molar-refractivity contribution in [3.05, 3.63) is 58.6 Å². The van der Waals surface area contributed by atoms with Crippen LogP contribution in [0.25, 0.3) is 0 Å². The van der Waals surface area contributed by atoms with Crippen LogP contribution in [-0.2, 0) is 4.74 Å². The molecule has 1 aliphatic rings. The van der Waals surface area contributed by atoms with Crippen LogP contribution < -0.4 is 10.2 Å². The zero-order chi connectivity index (χ0) is 16.2. The Balaban J connectivity index is 1.71. The summed E-state index contributed by atoms with van der Waals surface area (Å²) in [7, 11) is 0. The van der Waals surface area contributed by atoms with Crippen molar-refractivity contribution in [1.82, 2.24) is 0 Å². The smallest absolute Gasteiger partial charge is 0.255 e. The van der Waals surface area contributed by atoms with Gasteiger partial charge in [0.1, 0.15) is 0 Å². The first-order valence-electron chi connectivity index (χ1n) is 7.64. The van der Waals surface area contributed by atoms with E-state index < -0.39 is 0 Å². The maximum atomic E-state index is 12.4. The number of hydrogen-bond donors (Lipinski definition) is 1. The lowest BCUT2D eigenvalue weighted by atomic mass is 10.1. The molecule has 0 aromatic heterocycles. The summed E-state index contributed by atoms with van der Waals surface area (Å²) in [6.07, 6.45) is 0. The van der Waals surface area contributed by atoms with Crippen LogP contribution in [0.4, 0.5) is 11.4 Å². The third kappa shape index (κ3) is 3.66. The number of nitrogens with one attached hydrogen (secondary N) is 1. The molecule has 0 atom stereocenters. The number of ether oxygens (including phenoxy) is 1. The van der Waals surface area contributed by atoms with E-state index in [0.29, 0.717) is 10.6 Å². The van der Waals surface area contributed by atoms with Gasteiger partial charge >= 0.3 is 0 Å². The Morgan fingerprint density at radius 2 is 1.83 bits per heavy atom. The second-order valence-electron chi connectivity index (χ2n) is 5.51. The zero-order valence-corrected chi connectivity index (χ0v) is 13.8. The van der Waals surface area contributed by atoms with Gasteiger partial charge in [-0.25, -0.2) is 0 Å². The normalized spacial score (nSPS) is 14.6. The summed E-state index contributed by atoms with van der Waals surface area (Å²) in [6, 6.07) is 13.1. The fraction of sp³-hybridized carbons (Fsp3) is 0.278. The van der Waals surface area contributed by atoms with E-state index in [4.69, 9.17) is 16.3 Å². The molecule has 1 fully saturated rings. The number of hydrogen-bond acceptors (Lipinski definition) is 3. The SMILES string of the molecule is Cc1c(Cl)cccc1NC(=O)c1ccc(N2CCOCC2)cc1. The summed E-state index contributed by atoms with van der Waals surface area (Å²) in [6.45, 7) is 5.15. The first kappa shape index (κ1) is 15.8. The van der Waals surface area contributed by atoms with E-state index in [1.165, 1.54) is 0 Å². The first-order chi connectivity index (χ1) is 11.1. The van der Waals surface area contributed by atoms with Gasteiger partial charge in [-0.2, -0.15) is 0 Å². The van der Waals surface area contributed by atoms with Crippen LogP contribution in [-0.4, -0.2) is 32.2 Å². The number of halogens is 1. The van der Waals surface area contributed by atoms with Gasteiger partial charge in [0, 0.05) is 35.1 Å². The van der Waals surface area contributed by atoms with E-state index in [9.17, 15) is 4.79 Å². The van der Waals surface area contributed by atoms with Crippen LogP contribution in [0.2, 0.25) is 5.02 Å². The highest BCUT2D eigenvalue weighted by Crippen LogP contribution is 2.24. The third-order valence-corrected chi connectivity index (χ3v) is 4.43. The summed E-state index contributed by atoms with van der Waals surface area (Å²) < 4.78 is 5.35. The van der Waals surface area contributed by atoms with Crippen molar-refractivity contribution < 1.29 is 9.53 Å². The standard InChI is InChI=1S/C18H19ClN2O2/c1-13-16(19)3-2-4-17(13)20-18(22)14-5-7-15(8-6-14)21-9-11-23-12-10-21/h2-8H,9-12H2,1H3,(H,20,22). The average Bonchev–Trinajstić information content (AvgIpc) is 2.60. The van der Waals surface area contributed by atoms with Crippen molar-refractivity contribution in [2.75, 3.05) is 36.5 Å². The first-order valence-corrected chi connectivity index (χ1v) is 8.02. The van der Waals surface area contributed by atoms with Gasteiger partial charge in [-0.1, -0.05) is 17.7 Å². The van der Waals surface area contributed by atoms with Crippen LogP contribution in [0, 0.1) is 6.92 Å². The number of amides is 1. The van der Waals surface area contributed by atoms with Crippen LogP contribution in [0.15, 0.2) is 42.5 Å². The van der Waals surface area contributed by atoms with Gasteiger partial charge in [-0.05, 0) is 48.9 Å². The highest BCUT2D eigenvalue weighted by molar-refractivity contribution is 6.31. The Kier molecular flexibility index (Phi) is 4.84. The van der Waals surface area contributed by atoms with Gasteiger partial charge in [0.2, 0.25) is 0 Å². The van der Waals surface area contributed by atoms with Crippen LogP contribution in [0.1, 0.15) is 15.9 Å². The lowest BCUT2D eigenvalue weighted by molar-refractivity contribution is 0.102. The Morgan fingerprint density at radius 1 is 1.13 bits per heavy atom. The van der Waals surface area contributed by atoms with E-state index >= 15 is 0 Å². The highest BCUT2D eigenvalue weighted by Gasteiger charge is 2.13. The predicted molar refractivity (Wildman–Crippen MR) is 93.6 cm³/mol. The number of nitrogens with zero attached hydrogens (tertiary/aromatic N) is 1. The summed E-state index contributed by atoms with van der Waals surface area (Å²) in [5, 5.41) is 3.55. The number of carbonyl (C=O) groups excluding carboxylic acids is 1. The molecule has 1 amide bonds. The summed E-state index contributed by atoms with van der Waals surface area (Å²) in [5.74, 6) is -0.135. The monoisotopic (exact) mass is 330 g/mol. The van der Waals surface area contributed by atoms with Gasteiger partial charge in [0.25, 0.3) is 5.91 Å². The Labute approximate surface area is 141 Å². The second-order valence-corrected chi connectivity index (χ2v) is 5.92. The molecule has 120 valence electrons. The van der Waals surface area contributed by atoms with E-state index in [1.807, 2.05) is 49.4 Å². The molecule has 23 heavy (non-hydrogen) atoms. The zero-order valence-electron chi connectivity index (χ0n) is 13.0. The van der Waals surface area contributed by atoms with E-state index in [0.717, 1.165) is 43.2 Å². The van der Waals surface area contributed by atoms with Crippen molar-refractivity contribution in [1.29, 1.82) is 0 Å². The molecule has 0 saturated carbocycles. The summed E-state index contributed by atoms with van der Waals surface area (Å²) in [5.41, 5.74) is 3.34. The van der Waals surface area contributed by atoms with E-state index in [1.54, 1.807) is 0 Å². The number of morpholine rings is 1. The van der Waals surface area contributed by atoms with Gasteiger partial charge < -0.3 is 15.0 Å². The molecule has 0 spiro atoms. The van der Waals surface area contributed by atoms with Crippen LogP contribution in [0.5, 0.6) is 0 Å². The molecule has 0 aliphatic carbocycles. The topological polar surface area (TPSA) is 41.6 Å². The van der Waals surface area contributed by atoms with Crippen molar-refractivity contribution in [2.45, 2.75) is 6.92 Å². The van der Waals surface area contributed by atoms with Crippen LogP contribution >= 0.6 is 11.6 Å². The minimum Gasteiger partial charge on any atom is -0.378 e. The molecule has 1 N–H and O–H groups in total. The molecule has 5 heteroatoms. The van der Waals surface area contributed by atoms with Crippen molar-refractivity contribution in [3.63, 3.8) is 0 Å².